The van der Waals surface area contributed by atoms with E-state index >= 15 is 0 Å². The maximum atomic E-state index is 13.9. The molecular weight excluding hydrogens is 426 g/mol. The third kappa shape index (κ3) is 4.32. The van der Waals surface area contributed by atoms with Gasteiger partial charge in [-0.25, -0.2) is 13.6 Å². The van der Waals surface area contributed by atoms with E-state index in [1.54, 1.807) is 0 Å². The van der Waals surface area contributed by atoms with Crippen LogP contribution in [0.25, 0.3) is 11.1 Å². The van der Waals surface area contributed by atoms with E-state index in [0.717, 1.165) is 23.1 Å². The summed E-state index contributed by atoms with van der Waals surface area (Å²) in [5.41, 5.74) is 0.650. The Bertz CT molecular complexity index is 1050. The highest BCUT2D eigenvalue weighted by molar-refractivity contribution is 5.97. The fourth-order valence-corrected chi connectivity index (χ4v) is 3.91. The maximum Gasteiger partial charge on any atom is 0.326 e. The minimum atomic E-state index is -1.18. The molecule has 2 fully saturated rings. The highest BCUT2D eigenvalue weighted by atomic mass is 19.1. The van der Waals surface area contributed by atoms with Crippen LogP contribution >= 0.6 is 0 Å². The zero-order valence-electron chi connectivity index (χ0n) is 16.8. The Morgan fingerprint density at radius 2 is 1.78 bits per heavy atom. The largest absolute Gasteiger partial charge is 0.480 e. The number of nitrogens with zero attached hydrogens (tertiary/aromatic N) is 1. The molecule has 0 bridgehead atoms. The molecule has 168 valence electrons. The first-order chi connectivity index (χ1) is 15.3. The number of hydrogen-bond donors (Lipinski definition) is 2. The SMILES string of the molecule is O=C(NCC(=O)N1CC2(C[C@H]1C(=O)O)OCCO2)c1ccc(-c2cc(F)ccc2F)cc1. The summed E-state index contributed by atoms with van der Waals surface area (Å²) >= 11 is 0. The zero-order valence-corrected chi connectivity index (χ0v) is 16.8. The quantitative estimate of drug-likeness (QED) is 0.726. The van der Waals surface area contributed by atoms with Crippen LogP contribution in [0.4, 0.5) is 8.78 Å². The average Bonchev–Trinajstić information content (AvgIpc) is 3.41. The lowest BCUT2D eigenvalue weighted by Gasteiger charge is -2.23. The lowest BCUT2D eigenvalue weighted by atomic mass is 10.0. The van der Waals surface area contributed by atoms with E-state index in [4.69, 9.17) is 9.47 Å². The fraction of sp³-hybridized carbons (Fsp3) is 0.318. The second kappa shape index (κ2) is 8.64. The number of amides is 2. The molecule has 1 atom stereocenters. The van der Waals surface area contributed by atoms with E-state index < -0.39 is 47.8 Å². The summed E-state index contributed by atoms with van der Waals surface area (Å²) in [5.74, 6) is -4.64. The number of hydrogen-bond acceptors (Lipinski definition) is 5. The standard InChI is InChI=1S/C22H20F2N2O6/c23-15-5-6-17(24)16(9-15)13-1-3-14(4-2-13)20(28)25-11-19(27)26-12-22(31-7-8-32-22)10-18(26)21(29)30/h1-6,9,18H,7-8,10-12H2,(H,25,28)(H,29,30)/t18-/m0/s1. The molecular formula is C22H20F2N2O6. The van der Waals surface area contributed by atoms with Gasteiger partial charge in [0.25, 0.3) is 5.91 Å². The number of nitrogens with one attached hydrogen (secondary N) is 1. The van der Waals surface area contributed by atoms with Gasteiger partial charge in [0.15, 0.2) is 5.79 Å². The van der Waals surface area contributed by atoms with E-state index in [9.17, 15) is 28.3 Å². The number of carbonyl (C=O) groups is 3. The molecule has 2 N–H and O–H groups in total. The van der Waals surface area contributed by atoms with Gasteiger partial charge in [-0.3, -0.25) is 9.59 Å². The van der Waals surface area contributed by atoms with Gasteiger partial charge in [0.2, 0.25) is 5.91 Å². The third-order valence-electron chi connectivity index (χ3n) is 5.50. The average molecular weight is 446 g/mol. The van der Waals surface area contributed by atoms with E-state index in [1.807, 2.05) is 0 Å². The normalized spacial score (nSPS) is 19.3. The fourth-order valence-electron chi connectivity index (χ4n) is 3.91. The monoisotopic (exact) mass is 446 g/mol. The van der Waals surface area contributed by atoms with Crippen LogP contribution in [-0.2, 0) is 19.1 Å². The highest BCUT2D eigenvalue weighted by Gasteiger charge is 2.52. The molecule has 4 rings (SSSR count). The molecule has 0 aliphatic carbocycles. The second-order valence-electron chi connectivity index (χ2n) is 7.57. The third-order valence-corrected chi connectivity index (χ3v) is 5.50. The second-order valence-corrected chi connectivity index (χ2v) is 7.57. The molecule has 10 heteroatoms. The molecule has 32 heavy (non-hydrogen) atoms. The van der Waals surface area contributed by atoms with Crippen LogP contribution in [0.15, 0.2) is 42.5 Å². The zero-order chi connectivity index (χ0) is 22.9. The van der Waals surface area contributed by atoms with Gasteiger partial charge in [-0.15, -0.1) is 0 Å². The van der Waals surface area contributed by atoms with Crippen LogP contribution in [0.1, 0.15) is 16.8 Å². The minimum Gasteiger partial charge on any atom is -0.480 e. The molecule has 1 spiro atoms. The topological polar surface area (TPSA) is 105 Å². The predicted octanol–water partition coefficient (Wildman–Crippen LogP) is 1.79. The van der Waals surface area contributed by atoms with Crippen molar-refractivity contribution in [2.24, 2.45) is 0 Å². The summed E-state index contributed by atoms with van der Waals surface area (Å²) in [6.45, 7) is 0.187. The van der Waals surface area contributed by atoms with Gasteiger partial charge in [-0.05, 0) is 35.9 Å². The molecule has 2 saturated heterocycles. The molecule has 0 radical (unpaired) electrons. The maximum absolute atomic E-state index is 13.9. The Kier molecular flexibility index (Phi) is 5.90. The smallest absolute Gasteiger partial charge is 0.326 e. The van der Waals surface area contributed by atoms with E-state index in [2.05, 4.69) is 5.32 Å². The minimum absolute atomic E-state index is 0.0140. The Morgan fingerprint density at radius 3 is 2.44 bits per heavy atom. The van der Waals surface area contributed by atoms with Crippen molar-refractivity contribution in [3.8, 4) is 11.1 Å². The molecule has 2 heterocycles. The van der Waals surface area contributed by atoms with E-state index in [1.165, 1.54) is 24.3 Å². The number of aliphatic carboxylic acids is 1. The molecule has 2 amide bonds. The van der Waals surface area contributed by atoms with Crippen molar-refractivity contribution >= 4 is 17.8 Å². The number of carbonyl (C=O) groups excluding carboxylic acids is 2. The predicted molar refractivity (Wildman–Crippen MR) is 107 cm³/mol. The first-order valence-corrected chi connectivity index (χ1v) is 9.92. The van der Waals surface area contributed by atoms with Crippen LogP contribution in [0, 0.1) is 11.6 Å². The summed E-state index contributed by atoms with van der Waals surface area (Å²) in [7, 11) is 0. The molecule has 2 aliphatic heterocycles. The number of carboxylic acids is 1. The summed E-state index contributed by atoms with van der Waals surface area (Å²) in [5, 5.41) is 11.9. The van der Waals surface area contributed by atoms with Crippen molar-refractivity contribution < 1.29 is 37.7 Å². The Labute approximate surface area is 181 Å². The van der Waals surface area contributed by atoms with E-state index in [-0.39, 0.29) is 24.1 Å². The molecule has 8 nitrogen and oxygen atoms in total. The van der Waals surface area contributed by atoms with Crippen molar-refractivity contribution in [2.45, 2.75) is 18.2 Å². The number of halogens is 2. The van der Waals surface area contributed by atoms with Crippen molar-refractivity contribution in [1.82, 2.24) is 10.2 Å². The van der Waals surface area contributed by atoms with Gasteiger partial charge in [0, 0.05) is 17.5 Å². The van der Waals surface area contributed by atoms with Crippen LogP contribution in [0.5, 0.6) is 0 Å². The number of ether oxygens (including phenoxy) is 2. The van der Waals surface area contributed by atoms with Crippen molar-refractivity contribution in [3.63, 3.8) is 0 Å². The summed E-state index contributed by atoms with van der Waals surface area (Å²) in [6, 6.07) is 7.75. The number of rotatable bonds is 5. The Hall–Kier alpha value is -3.37. The molecule has 0 aromatic heterocycles. The lowest BCUT2D eigenvalue weighted by Crippen LogP contribution is -2.46. The van der Waals surface area contributed by atoms with Crippen molar-refractivity contribution in [2.75, 3.05) is 26.3 Å². The van der Waals surface area contributed by atoms with E-state index in [0.29, 0.717) is 18.8 Å². The molecule has 0 saturated carbocycles. The highest BCUT2D eigenvalue weighted by Crippen LogP contribution is 2.34. The van der Waals surface area contributed by atoms with Crippen LogP contribution in [-0.4, -0.2) is 65.9 Å². The number of benzene rings is 2. The lowest BCUT2D eigenvalue weighted by molar-refractivity contribution is -0.152. The number of likely N-dealkylation sites (tertiary alicyclic amines) is 1. The van der Waals surface area contributed by atoms with Crippen LogP contribution < -0.4 is 5.32 Å². The molecule has 2 aliphatic rings. The first-order valence-electron chi connectivity index (χ1n) is 9.92. The molecule has 2 aromatic rings. The number of carboxylic acid groups (broad SMARTS) is 1. The van der Waals surface area contributed by atoms with Crippen LogP contribution in [0.3, 0.4) is 0 Å². The van der Waals surface area contributed by atoms with Crippen molar-refractivity contribution in [1.29, 1.82) is 0 Å². The molecule has 2 aromatic carbocycles. The van der Waals surface area contributed by atoms with Gasteiger partial charge in [-0.1, -0.05) is 12.1 Å². The molecule has 0 unspecified atom stereocenters. The summed E-state index contributed by atoms with van der Waals surface area (Å²) in [4.78, 5) is 37.7. The van der Waals surface area contributed by atoms with Gasteiger partial charge in [0.05, 0.1) is 26.3 Å². The summed E-state index contributed by atoms with van der Waals surface area (Å²) < 4.78 is 38.3. The van der Waals surface area contributed by atoms with Crippen molar-refractivity contribution in [3.05, 3.63) is 59.7 Å². The Balaban J connectivity index is 1.39. The van der Waals surface area contributed by atoms with Gasteiger partial charge < -0.3 is 24.8 Å². The van der Waals surface area contributed by atoms with Gasteiger partial charge >= 0.3 is 5.97 Å². The van der Waals surface area contributed by atoms with Gasteiger partial charge in [-0.2, -0.15) is 0 Å². The Morgan fingerprint density at radius 1 is 1.09 bits per heavy atom. The first kappa shape index (κ1) is 21.8. The van der Waals surface area contributed by atoms with Gasteiger partial charge in [0.1, 0.15) is 17.7 Å². The van der Waals surface area contributed by atoms with Crippen LogP contribution in [0.2, 0.25) is 0 Å². The summed E-state index contributed by atoms with van der Waals surface area (Å²) in [6.07, 6.45) is 0.0140.